The summed E-state index contributed by atoms with van der Waals surface area (Å²) in [6.07, 6.45) is 3.63. The van der Waals surface area contributed by atoms with E-state index < -0.39 is 11.9 Å². The summed E-state index contributed by atoms with van der Waals surface area (Å²) >= 11 is 0. The standard InChI is InChI=1S/C11H12N2O3/c1-13-9(7-3-2-4-12-6-7)5-8(10(13)14)11(15)16/h2-4,6,8-9H,5H2,1H3,(H,15,16)/t8?,9-/m1/s1. The largest absolute Gasteiger partial charge is 0.481 e. The molecule has 0 aliphatic carbocycles. The van der Waals surface area contributed by atoms with Gasteiger partial charge >= 0.3 is 5.97 Å². The molecule has 0 bridgehead atoms. The first-order valence-corrected chi connectivity index (χ1v) is 5.00. The third kappa shape index (κ3) is 1.64. The van der Waals surface area contributed by atoms with Crippen molar-refractivity contribution in [3.05, 3.63) is 30.1 Å². The minimum absolute atomic E-state index is 0.178. The minimum atomic E-state index is -1.05. The quantitative estimate of drug-likeness (QED) is 0.744. The van der Waals surface area contributed by atoms with Gasteiger partial charge in [-0.3, -0.25) is 14.6 Å². The van der Waals surface area contributed by atoms with Crippen molar-refractivity contribution in [3.63, 3.8) is 0 Å². The molecule has 1 aliphatic heterocycles. The molecule has 1 N–H and O–H groups in total. The molecule has 1 aromatic heterocycles. The summed E-state index contributed by atoms with van der Waals surface area (Å²) in [5.74, 6) is -2.31. The fourth-order valence-electron chi connectivity index (χ4n) is 2.02. The Bertz CT molecular complexity index is 418. The van der Waals surface area contributed by atoms with Gasteiger partial charge in [-0.15, -0.1) is 0 Å². The number of likely N-dealkylation sites (tertiary alicyclic amines) is 1. The van der Waals surface area contributed by atoms with E-state index in [4.69, 9.17) is 5.11 Å². The van der Waals surface area contributed by atoms with Gasteiger partial charge in [0.25, 0.3) is 0 Å². The average Bonchev–Trinajstić information content (AvgIpc) is 2.58. The van der Waals surface area contributed by atoms with Gasteiger partial charge in [-0.2, -0.15) is 0 Å². The van der Waals surface area contributed by atoms with E-state index in [0.29, 0.717) is 6.42 Å². The molecule has 1 aliphatic rings. The van der Waals surface area contributed by atoms with E-state index in [0.717, 1.165) is 5.56 Å². The normalized spacial score (nSPS) is 24.8. The summed E-state index contributed by atoms with van der Waals surface area (Å²) in [5, 5.41) is 8.90. The van der Waals surface area contributed by atoms with Crippen molar-refractivity contribution in [3.8, 4) is 0 Å². The van der Waals surface area contributed by atoms with Crippen molar-refractivity contribution in [2.45, 2.75) is 12.5 Å². The van der Waals surface area contributed by atoms with Crippen molar-refractivity contribution in [1.29, 1.82) is 0 Å². The predicted octanol–water partition coefficient (Wildman–Crippen LogP) is 0.686. The number of pyridine rings is 1. The zero-order chi connectivity index (χ0) is 11.7. The van der Waals surface area contributed by atoms with Crippen LogP contribution < -0.4 is 0 Å². The number of aliphatic carboxylic acids is 1. The van der Waals surface area contributed by atoms with Gasteiger partial charge in [-0.1, -0.05) is 6.07 Å². The number of hydrogen-bond acceptors (Lipinski definition) is 3. The van der Waals surface area contributed by atoms with Gasteiger partial charge in [0.15, 0.2) is 0 Å². The third-order valence-corrected chi connectivity index (χ3v) is 2.94. The van der Waals surface area contributed by atoms with E-state index in [9.17, 15) is 9.59 Å². The van der Waals surface area contributed by atoms with Crippen LogP contribution in [0.2, 0.25) is 0 Å². The number of carboxylic acid groups (broad SMARTS) is 1. The molecule has 5 heteroatoms. The van der Waals surface area contributed by atoms with Crippen LogP contribution in [0.15, 0.2) is 24.5 Å². The van der Waals surface area contributed by atoms with Gasteiger partial charge in [-0.05, 0) is 18.1 Å². The highest BCUT2D eigenvalue weighted by Crippen LogP contribution is 2.34. The number of carbonyl (C=O) groups excluding carboxylic acids is 1. The van der Waals surface area contributed by atoms with E-state index in [1.165, 1.54) is 4.90 Å². The molecule has 5 nitrogen and oxygen atoms in total. The fourth-order valence-corrected chi connectivity index (χ4v) is 2.02. The van der Waals surface area contributed by atoms with Crippen LogP contribution in [0.5, 0.6) is 0 Å². The Kier molecular flexibility index (Phi) is 2.60. The molecule has 1 amide bonds. The zero-order valence-corrected chi connectivity index (χ0v) is 8.83. The minimum Gasteiger partial charge on any atom is -0.481 e. The molecule has 16 heavy (non-hydrogen) atoms. The summed E-state index contributed by atoms with van der Waals surface area (Å²) < 4.78 is 0. The molecule has 0 aromatic carbocycles. The zero-order valence-electron chi connectivity index (χ0n) is 8.83. The highest BCUT2D eigenvalue weighted by molar-refractivity contribution is 5.98. The van der Waals surface area contributed by atoms with Crippen molar-refractivity contribution in [2.24, 2.45) is 5.92 Å². The Hall–Kier alpha value is -1.91. The van der Waals surface area contributed by atoms with Crippen molar-refractivity contribution >= 4 is 11.9 Å². The number of rotatable bonds is 2. The molecular weight excluding hydrogens is 208 g/mol. The van der Waals surface area contributed by atoms with Gasteiger partial charge in [-0.25, -0.2) is 0 Å². The Morgan fingerprint density at radius 1 is 1.62 bits per heavy atom. The summed E-state index contributed by atoms with van der Waals surface area (Å²) in [5.41, 5.74) is 0.877. The second-order valence-electron chi connectivity index (χ2n) is 3.88. The second kappa shape index (κ2) is 3.92. The number of nitrogens with zero attached hydrogens (tertiary/aromatic N) is 2. The molecule has 1 saturated heterocycles. The molecular formula is C11H12N2O3. The molecule has 0 radical (unpaired) electrons. The van der Waals surface area contributed by atoms with E-state index in [1.54, 1.807) is 25.5 Å². The molecule has 2 atom stereocenters. The van der Waals surface area contributed by atoms with Crippen LogP contribution in [-0.2, 0) is 9.59 Å². The van der Waals surface area contributed by atoms with Gasteiger partial charge in [0.05, 0.1) is 6.04 Å². The second-order valence-corrected chi connectivity index (χ2v) is 3.88. The van der Waals surface area contributed by atoms with Crippen LogP contribution in [0, 0.1) is 5.92 Å². The lowest BCUT2D eigenvalue weighted by Gasteiger charge is -2.19. The van der Waals surface area contributed by atoms with Crippen LogP contribution in [-0.4, -0.2) is 33.9 Å². The third-order valence-electron chi connectivity index (χ3n) is 2.94. The van der Waals surface area contributed by atoms with Gasteiger partial charge in [0, 0.05) is 19.4 Å². The summed E-state index contributed by atoms with van der Waals surface area (Å²) in [7, 11) is 1.63. The lowest BCUT2D eigenvalue weighted by molar-refractivity contribution is -0.147. The Balaban J connectivity index is 2.26. The number of carbonyl (C=O) groups is 2. The predicted molar refractivity (Wildman–Crippen MR) is 55.5 cm³/mol. The molecule has 1 unspecified atom stereocenters. The van der Waals surface area contributed by atoms with E-state index in [1.807, 2.05) is 6.07 Å². The van der Waals surface area contributed by atoms with Crippen molar-refractivity contribution in [1.82, 2.24) is 9.88 Å². The number of carboxylic acids is 1. The highest BCUT2D eigenvalue weighted by Gasteiger charge is 2.42. The van der Waals surface area contributed by atoms with Crippen LogP contribution in [0.25, 0.3) is 0 Å². The Labute approximate surface area is 92.7 Å². The maximum Gasteiger partial charge on any atom is 0.316 e. The van der Waals surface area contributed by atoms with E-state index >= 15 is 0 Å². The monoisotopic (exact) mass is 220 g/mol. The molecule has 1 aromatic rings. The molecule has 1 fully saturated rings. The SMILES string of the molecule is CN1C(=O)C(C(=O)O)C[C@@H]1c1cccnc1. The van der Waals surface area contributed by atoms with Crippen LogP contribution in [0.4, 0.5) is 0 Å². The Morgan fingerprint density at radius 3 is 2.88 bits per heavy atom. The molecule has 84 valence electrons. The number of hydrogen-bond donors (Lipinski definition) is 1. The van der Waals surface area contributed by atoms with Gasteiger partial charge in [0.2, 0.25) is 5.91 Å². The average molecular weight is 220 g/mol. The first-order chi connectivity index (χ1) is 7.61. The van der Waals surface area contributed by atoms with Gasteiger partial charge < -0.3 is 10.0 Å². The van der Waals surface area contributed by atoms with Crippen LogP contribution in [0.1, 0.15) is 18.0 Å². The lowest BCUT2D eigenvalue weighted by atomic mass is 10.0. The van der Waals surface area contributed by atoms with Crippen molar-refractivity contribution < 1.29 is 14.7 Å². The van der Waals surface area contributed by atoms with Crippen LogP contribution >= 0.6 is 0 Å². The first-order valence-electron chi connectivity index (χ1n) is 5.00. The van der Waals surface area contributed by atoms with Crippen LogP contribution in [0.3, 0.4) is 0 Å². The Morgan fingerprint density at radius 2 is 2.38 bits per heavy atom. The number of aromatic nitrogens is 1. The molecule has 0 saturated carbocycles. The lowest BCUT2D eigenvalue weighted by Crippen LogP contribution is -2.27. The molecule has 2 heterocycles. The van der Waals surface area contributed by atoms with Gasteiger partial charge in [0.1, 0.15) is 5.92 Å². The summed E-state index contributed by atoms with van der Waals surface area (Å²) in [6, 6.07) is 3.45. The van der Waals surface area contributed by atoms with Crippen molar-refractivity contribution in [2.75, 3.05) is 7.05 Å². The number of amides is 1. The summed E-state index contributed by atoms with van der Waals surface area (Å²) in [6.45, 7) is 0. The fraction of sp³-hybridized carbons (Fsp3) is 0.364. The van der Waals surface area contributed by atoms with E-state index in [-0.39, 0.29) is 11.9 Å². The smallest absolute Gasteiger partial charge is 0.316 e. The molecule has 2 rings (SSSR count). The first kappa shape index (κ1) is 10.6. The molecule has 0 spiro atoms. The maximum absolute atomic E-state index is 11.7. The maximum atomic E-state index is 11.7. The summed E-state index contributed by atoms with van der Waals surface area (Å²) in [4.78, 5) is 28.0. The van der Waals surface area contributed by atoms with E-state index in [2.05, 4.69) is 4.98 Å². The highest BCUT2D eigenvalue weighted by atomic mass is 16.4. The topological polar surface area (TPSA) is 70.5 Å².